The van der Waals surface area contributed by atoms with Gasteiger partial charge >= 0.3 is 11.9 Å². The Kier molecular flexibility index (Phi) is 8.27. The molecule has 0 spiro atoms. The fourth-order valence-corrected chi connectivity index (χ4v) is 5.81. The van der Waals surface area contributed by atoms with Crippen LogP contribution in [0.2, 0.25) is 0 Å². The molecule has 4 aromatic rings. The molecule has 0 saturated carbocycles. The van der Waals surface area contributed by atoms with E-state index in [1.54, 1.807) is 37.3 Å². The third-order valence-electron chi connectivity index (χ3n) is 5.59. The van der Waals surface area contributed by atoms with E-state index in [-0.39, 0.29) is 34.1 Å². The Morgan fingerprint density at radius 2 is 1.74 bits per heavy atom. The second-order valence-corrected chi connectivity index (χ2v) is 11.1. The molecule has 0 unspecified atom stereocenters. The molecular formula is C27H25N3O7S2. The van der Waals surface area contributed by atoms with Crippen molar-refractivity contribution in [3.05, 3.63) is 88.2 Å². The minimum Gasteiger partial charge on any atom is -0.465 e. The monoisotopic (exact) mass is 567 g/mol. The number of carbonyl (C=O) groups is 3. The van der Waals surface area contributed by atoms with Crippen molar-refractivity contribution in [2.75, 3.05) is 18.4 Å². The summed E-state index contributed by atoms with van der Waals surface area (Å²) in [5.41, 5.74) is 2.13. The summed E-state index contributed by atoms with van der Waals surface area (Å²) in [5, 5.41) is 0. The van der Waals surface area contributed by atoms with Gasteiger partial charge in [-0.25, -0.2) is 13.2 Å². The smallest absolute Gasteiger partial charge is 0.337 e. The normalized spacial score (nSPS) is 11.8. The summed E-state index contributed by atoms with van der Waals surface area (Å²) >= 11 is 1.11. The molecule has 0 saturated heterocycles. The van der Waals surface area contributed by atoms with E-state index in [4.69, 9.17) is 9.47 Å². The molecule has 0 fully saturated rings. The summed E-state index contributed by atoms with van der Waals surface area (Å²) in [7, 11) is -2.60. The standard InChI is InChI=1S/C27H25N3O7S2/c1-4-37-24(31)16-30-22-13-10-19(26(33)36-3)15-23(22)38-27(30)28-25(32)18-6-5-7-20(14-18)29-39(34,35)21-11-8-17(2)9-12-21/h5-15,29H,4,16H2,1-3H3. The molecule has 0 bridgehead atoms. The van der Waals surface area contributed by atoms with Crippen molar-refractivity contribution >= 4 is 55.1 Å². The lowest BCUT2D eigenvalue weighted by atomic mass is 10.2. The number of amides is 1. The van der Waals surface area contributed by atoms with Crippen LogP contribution in [0.25, 0.3) is 10.2 Å². The fraction of sp³-hybridized carbons (Fsp3) is 0.185. The number of ether oxygens (including phenoxy) is 2. The van der Waals surface area contributed by atoms with Crippen LogP contribution in [0, 0.1) is 6.92 Å². The first kappa shape index (κ1) is 27.7. The Labute approximate surface area is 228 Å². The average molecular weight is 568 g/mol. The van der Waals surface area contributed by atoms with Crippen molar-refractivity contribution in [1.82, 2.24) is 4.57 Å². The summed E-state index contributed by atoms with van der Waals surface area (Å²) in [6.07, 6.45) is 0. The highest BCUT2D eigenvalue weighted by atomic mass is 32.2. The summed E-state index contributed by atoms with van der Waals surface area (Å²) < 4.78 is 40.0. The molecule has 202 valence electrons. The number of rotatable bonds is 8. The summed E-state index contributed by atoms with van der Waals surface area (Å²) in [4.78, 5) is 42.0. The first-order valence-corrected chi connectivity index (χ1v) is 14.1. The molecule has 39 heavy (non-hydrogen) atoms. The van der Waals surface area contributed by atoms with Crippen molar-refractivity contribution < 1.29 is 32.3 Å². The number of nitrogens with one attached hydrogen (secondary N) is 1. The largest absolute Gasteiger partial charge is 0.465 e. The van der Waals surface area contributed by atoms with Gasteiger partial charge in [-0.2, -0.15) is 4.99 Å². The predicted molar refractivity (Wildman–Crippen MR) is 146 cm³/mol. The molecule has 0 aliphatic rings. The van der Waals surface area contributed by atoms with Crippen LogP contribution in [-0.4, -0.2) is 44.5 Å². The van der Waals surface area contributed by atoms with Gasteiger partial charge in [0.05, 0.1) is 34.4 Å². The van der Waals surface area contributed by atoms with Gasteiger partial charge in [0, 0.05) is 11.3 Å². The van der Waals surface area contributed by atoms with Crippen LogP contribution in [0.3, 0.4) is 0 Å². The molecule has 1 heterocycles. The van der Waals surface area contributed by atoms with Crippen molar-refractivity contribution in [1.29, 1.82) is 0 Å². The number of sulfonamides is 1. The first-order chi connectivity index (χ1) is 18.6. The van der Waals surface area contributed by atoms with E-state index in [9.17, 15) is 22.8 Å². The van der Waals surface area contributed by atoms with E-state index in [1.807, 2.05) is 6.92 Å². The Morgan fingerprint density at radius 1 is 1.00 bits per heavy atom. The highest BCUT2D eigenvalue weighted by Gasteiger charge is 2.17. The van der Waals surface area contributed by atoms with Crippen LogP contribution < -0.4 is 9.52 Å². The number of methoxy groups -OCH3 is 1. The second-order valence-electron chi connectivity index (χ2n) is 8.37. The number of aromatic nitrogens is 1. The van der Waals surface area contributed by atoms with Crippen LogP contribution in [0.1, 0.15) is 33.2 Å². The highest BCUT2D eigenvalue weighted by molar-refractivity contribution is 7.92. The zero-order valence-electron chi connectivity index (χ0n) is 21.3. The number of carbonyl (C=O) groups excluding carboxylic acids is 3. The van der Waals surface area contributed by atoms with Gasteiger partial charge in [0.15, 0.2) is 4.80 Å². The number of nitrogens with zero attached hydrogens (tertiary/aromatic N) is 2. The van der Waals surface area contributed by atoms with Crippen molar-refractivity contribution in [2.45, 2.75) is 25.3 Å². The van der Waals surface area contributed by atoms with E-state index in [0.717, 1.165) is 16.9 Å². The maximum Gasteiger partial charge on any atom is 0.337 e. The average Bonchev–Trinajstić information content (AvgIpc) is 3.24. The van der Waals surface area contributed by atoms with Crippen LogP contribution >= 0.6 is 11.3 Å². The quantitative estimate of drug-likeness (QED) is 0.319. The van der Waals surface area contributed by atoms with Gasteiger partial charge in [-0.3, -0.25) is 14.3 Å². The first-order valence-electron chi connectivity index (χ1n) is 11.8. The summed E-state index contributed by atoms with van der Waals surface area (Å²) in [6.45, 7) is 3.53. The molecule has 12 heteroatoms. The summed E-state index contributed by atoms with van der Waals surface area (Å²) in [5.74, 6) is -1.69. The minimum absolute atomic E-state index is 0.0890. The van der Waals surface area contributed by atoms with Gasteiger partial charge in [-0.1, -0.05) is 35.1 Å². The molecule has 0 atom stereocenters. The summed E-state index contributed by atoms with van der Waals surface area (Å²) in [6, 6.07) is 17.1. The van der Waals surface area contributed by atoms with E-state index in [1.165, 1.54) is 48.1 Å². The van der Waals surface area contributed by atoms with E-state index in [0.29, 0.717) is 15.8 Å². The number of anilines is 1. The van der Waals surface area contributed by atoms with Crippen molar-refractivity contribution in [3.8, 4) is 0 Å². The molecule has 0 aliphatic heterocycles. The van der Waals surface area contributed by atoms with E-state index in [2.05, 4.69) is 9.71 Å². The Morgan fingerprint density at radius 3 is 2.44 bits per heavy atom. The Bertz CT molecular complexity index is 1740. The SMILES string of the molecule is CCOC(=O)Cn1c(=NC(=O)c2cccc(NS(=O)(=O)c3ccc(C)cc3)c2)sc2cc(C(=O)OC)ccc21. The molecular weight excluding hydrogens is 542 g/mol. The minimum atomic E-state index is -3.87. The van der Waals surface area contributed by atoms with Gasteiger partial charge in [0.1, 0.15) is 6.54 Å². The predicted octanol–water partition coefficient (Wildman–Crippen LogP) is 3.90. The fourth-order valence-electron chi connectivity index (χ4n) is 3.69. The number of benzene rings is 3. The maximum atomic E-state index is 13.2. The van der Waals surface area contributed by atoms with Crippen LogP contribution in [0.5, 0.6) is 0 Å². The van der Waals surface area contributed by atoms with Crippen LogP contribution in [0.15, 0.2) is 76.6 Å². The van der Waals surface area contributed by atoms with Gasteiger partial charge in [0.25, 0.3) is 15.9 Å². The van der Waals surface area contributed by atoms with E-state index >= 15 is 0 Å². The lowest BCUT2D eigenvalue weighted by Gasteiger charge is -2.09. The molecule has 1 amide bonds. The lowest BCUT2D eigenvalue weighted by molar-refractivity contribution is -0.143. The second kappa shape index (κ2) is 11.6. The number of aryl methyl sites for hydroxylation is 1. The Balaban J connectivity index is 1.70. The molecule has 1 aromatic heterocycles. The van der Waals surface area contributed by atoms with Gasteiger partial charge in [-0.05, 0) is 62.4 Å². The molecule has 0 aliphatic carbocycles. The van der Waals surface area contributed by atoms with Crippen molar-refractivity contribution in [2.24, 2.45) is 4.99 Å². The number of fused-ring (bicyclic) bond motifs is 1. The molecule has 4 rings (SSSR count). The number of hydrogen-bond donors (Lipinski definition) is 1. The third kappa shape index (κ3) is 6.41. The topological polar surface area (TPSA) is 133 Å². The number of hydrogen-bond acceptors (Lipinski definition) is 8. The van der Waals surface area contributed by atoms with Crippen LogP contribution in [0.4, 0.5) is 5.69 Å². The lowest BCUT2D eigenvalue weighted by Crippen LogP contribution is -2.23. The molecule has 3 aromatic carbocycles. The van der Waals surface area contributed by atoms with Gasteiger partial charge in [-0.15, -0.1) is 0 Å². The number of esters is 2. The Hall–Kier alpha value is -4.29. The zero-order valence-corrected chi connectivity index (χ0v) is 23.0. The maximum absolute atomic E-state index is 13.2. The molecule has 0 radical (unpaired) electrons. The van der Waals surface area contributed by atoms with Crippen molar-refractivity contribution in [3.63, 3.8) is 0 Å². The van der Waals surface area contributed by atoms with Gasteiger partial charge in [0.2, 0.25) is 0 Å². The highest BCUT2D eigenvalue weighted by Crippen LogP contribution is 2.21. The zero-order chi connectivity index (χ0) is 28.2. The molecule has 10 nitrogen and oxygen atoms in total. The third-order valence-corrected chi connectivity index (χ3v) is 8.02. The van der Waals surface area contributed by atoms with Crippen LogP contribution in [-0.2, 0) is 30.8 Å². The number of thiazole rings is 1. The molecule has 1 N–H and O–H groups in total. The van der Waals surface area contributed by atoms with E-state index < -0.39 is 27.9 Å². The van der Waals surface area contributed by atoms with Gasteiger partial charge < -0.3 is 14.0 Å².